The Hall–Kier alpha value is -0.860. The lowest BCUT2D eigenvalue weighted by Gasteiger charge is -2.27. The lowest BCUT2D eigenvalue weighted by Crippen LogP contribution is -2.33. The summed E-state index contributed by atoms with van der Waals surface area (Å²) in [5.41, 5.74) is 4.19. The van der Waals surface area contributed by atoms with E-state index in [1.54, 1.807) is 0 Å². The smallest absolute Gasteiger partial charge is 0.0719 e. The molecule has 0 aromatic heterocycles. The third kappa shape index (κ3) is 2.06. The number of rotatable bonds is 2. The number of hydrogen-bond acceptors (Lipinski definition) is 2. The maximum atomic E-state index is 5.43. The normalized spacial score (nSPS) is 16.2. The van der Waals surface area contributed by atoms with Crippen molar-refractivity contribution in [2.75, 3.05) is 13.7 Å². The fourth-order valence-electron chi connectivity index (χ4n) is 1.90. The molecule has 1 aromatic carbocycles. The maximum absolute atomic E-state index is 5.43. The molecule has 2 nitrogen and oxygen atoms in total. The van der Waals surface area contributed by atoms with Gasteiger partial charge in [0.2, 0.25) is 0 Å². The Morgan fingerprint density at radius 1 is 1.27 bits per heavy atom. The molecular weight excluding hydrogens is 186 g/mol. The Balaban J connectivity index is 2.36. The average Bonchev–Trinajstić information content (AvgIpc) is 2.28. The van der Waals surface area contributed by atoms with Gasteiger partial charge < -0.3 is 10.1 Å². The fraction of sp³-hybridized carbons (Fsp3) is 0.538. The summed E-state index contributed by atoms with van der Waals surface area (Å²) in [5, 5.41) is 3.33. The van der Waals surface area contributed by atoms with Crippen molar-refractivity contribution in [2.45, 2.75) is 32.4 Å². The molecule has 1 aromatic rings. The molecule has 1 aliphatic rings. The zero-order chi connectivity index (χ0) is 10.9. The molecule has 2 rings (SSSR count). The van der Waals surface area contributed by atoms with Gasteiger partial charge in [-0.3, -0.25) is 0 Å². The maximum Gasteiger partial charge on any atom is 0.0719 e. The van der Waals surface area contributed by atoms with Crippen LogP contribution >= 0.6 is 0 Å². The molecule has 0 atom stereocenters. The molecular formula is C13H19NO. The molecule has 0 bridgehead atoms. The lowest BCUT2D eigenvalue weighted by atomic mass is 9.90. The molecule has 0 fully saturated rings. The van der Waals surface area contributed by atoms with Crippen LogP contribution in [0.3, 0.4) is 0 Å². The summed E-state index contributed by atoms with van der Waals surface area (Å²) >= 11 is 0. The van der Waals surface area contributed by atoms with Crippen molar-refractivity contribution < 1.29 is 4.74 Å². The highest BCUT2D eigenvalue weighted by Crippen LogP contribution is 2.25. The molecule has 1 heterocycles. The first-order valence-corrected chi connectivity index (χ1v) is 5.52. The van der Waals surface area contributed by atoms with Gasteiger partial charge in [0.05, 0.1) is 13.2 Å². The highest BCUT2D eigenvalue weighted by atomic mass is 16.5. The molecule has 0 amide bonds. The minimum Gasteiger partial charge on any atom is -0.376 e. The van der Waals surface area contributed by atoms with Crippen molar-refractivity contribution in [1.29, 1.82) is 0 Å². The number of benzene rings is 1. The number of fused-ring (bicyclic) bond motifs is 1. The van der Waals surface area contributed by atoms with Crippen molar-refractivity contribution in [3.05, 3.63) is 34.9 Å². The third-order valence-electron chi connectivity index (χ3n) is 3.33. The van der Waals surface area contributed by atoms with E-state index in [1.165, 1.54) is 16.7 Å². The van der Waals surface area contributed by atoms with Crippen molar-refractivity contribution in [3.63, 3.8) is 0 Å². The molecule has 1 N–H and O–H groups in total. The molecule has 0 saturated carbocycles. The van der Waals surface area contributed by atoms with Crippen LogP contribution in [0.15, 0.2) is 18.2 Å². The zero-order valence-corrected chi connectivity index (χ0v) is 9.76. The van der Waals surface area contributed by atoms with E-state index in [0.29, 0.717) is 0 Å². The number of ether oxygens (including phenoxy) is 1. The third-order valence-corrected chi connectivity index (χ3v) is 3.33. The lowest BCUT2D eigenvalue weighted by molar-refractivity contribution is 0.110. The van der Waals surface area contributed by atoms with Crippen molar-refractivity contribution in [2.24, 2.45) is 0 Å². The van der Waals surface area contributed by atoms with Gasteiger partial charge in [0, 0.05) is 5.54 Å². The Kier molecular flexibility index (Phi) is 2.81. The van der Waals surface area contributed by atoms with Gasteiger partial charge in [-0.2, -0.15) is 0 Å². The predicted molar refractivity (Wildman–Crippen MR) is 61.9 cm³/mol. The zero-order valence-electron chi connectivity index (χ0n) is 9.76. The van der Waals surface area contributed by atoms with Crippen LogP contribution in [0.5, 0.6) is 0 Å². The Morgan fingerprint density at radius 2 is 2.07 bits per heavy atom. The van der Waals surface area contributed by atoms with Crippen LogP contribution in [0.4, 0.5) is 0 Å². The minimum atomic E-state index is 0.0489. The first-order valence-electron chi connectivity index (χ1n) is 5.52. The second kappa shape index (κ2) is 3.95. The summed E-state index contributed by atoms with van der Waals surface area (Å²) in [6.45, 7) is 6.04. The van der Waals surface area contributed by atoms with E-state index < -0.39 is 0 Å². The first kappa shape index (κ1) is 10.7. The highest BCUT2D eigenvalue weighted by Gasteiger charge is 2.19. The second-order valence-electron chi connectivity index (χ2n) is 4.66. The molecule has 2 heteroatoms. The topological polar surface area (TPSA) is 21.3 Å². The van der Waals surface area contributed by atoms with E-state index in [-0.39, 0.29) is 5.54 Å². The largest absolute Gasteiger partial charge is 0.376 e. The summed E-state index contributed by atoms with van der Waals surface area (Å²) in [5.74, 6) is 0. The Bertz CT molecular complexity index is 358. The number of nitrogens with one attached hydrogen (secondary N) is 1. The summed E-state index contributed by atoms with van der Waals surface area (Å²) in [4.78, 5) is 0. The molecule has 0 saturated heterocycles. The van der Waals surface area contributed by atoms with Gasteiger partial charge in [0.15, 0.2) is 0 Å². The Morgan fingerprint density at radius 3 is 2.80 bits per heavy atom. The van der Waals surface area contributed by atoms with Crippen LogP contribution in [0.2, 0.25) is 0 Å². The molecule has 0 aliphatic carbocycles. The van der Waals surface area contributed by atoms with Crippen LogP contribution in [-0.2, 0) is 23.3 Å². The fourth-order valence-corrected chi connectivity index (χ4v) is 1.90. The van der Waals surface area contributed by atoms with Gasteiger partial charge in [-0.15, -0.1) is 0 Å². The van der Waals surface area contributed by atoms with Crippen molar-refractivity contribution in [3.8, 4) is 0 Å². The highest BCUT2D eigenvalue weighted by molar-refractivity contribution is 5.35. The SMILES string of the molecule is CNC(C)(C)c1ccc2c(c1)CCOC2. The van der Waals surface area contributed by atoms with Gasteiger partial charge in [-0.05, 0) is 44.0 Å². The van der Waals surface area contributed by atoms with Crippen molar-refractivity contribution in [1.82, 2.24) is 5.32 Å². The minimum absolute atomic E-state index is 0.0489. The van der Waals surface area contributed by atoms with E-state index in [9.17, 15) is 0 Å². The van der Waals surface area contributed by atoms with Gasteiger partial charge in [-0.25, -0.2) is 0 Å². The standard InChI is InChI=1S/C13H19NO/c1-13(2,14-3)12-5-4-11-9-15-7-6-10(11)8-12/h4-5,8,14H,6-7,9H2,1-3H3. The van der Waals surface area contributed by atoms with E-state index >= 15 is 0 Å². The van der Waals surface area contributed by atoms with Gasteiger partial charge >= 0.3 is 0 Å². The van der Waals surface area contributed by atoms with Gasteiger partial charge in [0.25, 0.3) is 0 Å². The van der Waals surface area contributed by atoms with E-state index in [4.69, 9.17) is 4.74 Å². The van der Waals surface area contributed by atoms with Crippen molar-refractivity contribution >= 4 is 0 Å². The predicted octanol–water partition coefficient (Wildman–Crippen LogP) is 2.21. The molecule has 0 unspecified atom stereocenters. The van der Waals surface area contributed by atoms with Crippen LogP contribution in [-0.4, -0.2) is 13.7 Å². The van der Waals surface area contributed by atoms with Gasteiger partial charge in [0.1, 0.15) is 0 Å². The van der Waals surface area contributed by atoms with Crippen LogP contribution in [0, 0.1) is 0 Å². The molecule has 82 valence electrons. The summed E-state index contributed by atoms with van der Waals surface area (Å²) in [6.07, 6.45) is 1.04. The second-order valence-corrected chi connectivity index (χ2v) is 4.66. The Labute approximate surface area is 91.6 Å². The molecule has 15 heavy (non-hydrogen) atoms. The van der Waals surface area contributed by atoms with E-state index in [2.05, 4.69) is 37.4 Å². The van der Waals surface area contributed by atoms with Gasteiger partial charge in [-0.1, -0.05) is 18.2 Å². The average molecular weight is 205 g/mol. The summed E-state index contributed by atoms with van der Waals surface area (Å²) in [7, 11) is 2.00. The quantitative estimate of drug-likeness (QED) is 0.799. The van der Waals surface area contributed by atoms with Crippen LogP contribution in [0.25, 0.3) is 0 Å². The van der Waals surface area contributed by atoms with Crippen LogP contribution < -0.4 is 5.32 Å². The molecule has 0 spiro atoms. The number of hydrogen-bond donors (Lipinski definition) is 1. The molecule has 1 aliphatic heterocycles. The molecule has 0 radical (unpaired) electrons. The summed E-state index contributed by atoms with van der Waals surface area (Å²) < 4.78 is 5.43. The van der Waals surface area contributed by atoms with Crippen LogP contribution in [0.1, 0.15) is 30.5 Å². The summed E-state index contributed by atoms with van der Waals surface area (Å²) in [6, 6.07) is 6.71. The van der Waals surface area contributed by atoms with E-state index in [0.717, 1.165) is 19.6 Å². The monoisotopic (exact) mass is 205 g/mol. The first-order chi connectivity index (χ1) is 7.13. The van der Waals surface area contributed by atoms with E-state index in [1.807, 2.05) is 7.05 Å².